The maximum absolute atomic E-state index is 13.3. The van der Waals surface area contributed by atoms with E-state index in [0.717, 1.165) is 61.1 Å². The number of alkyl halides is 1. The molecule has 1 N–H and O–H groups in total. The molecule has 0 aliphatic heterocycles. The lowest BCUT2D eigenvalue weighted by Gasteiger charge is -2.24. The Labute approximate surface area is 330 Å². The fourth-order valence-electron chi connectivity index (χ4n) is 7.08. The molecule has 0 aliphatic rings. The van der Waals surface area contributed by atoms with Crippen molar-refractivity contribution < 1.29 is 28.9 Å². The van der Waals surface area contributed by atoms with Gasteiger partial charge in [-0.3, -0.25) is 4.68 Å². The van der Waals surface area contributed by atoms with Gasteiger partial charge in [0.1, 0.15) is 17.0 Å². The number of fused-ring (bicyclic) bond motifs is 2. The maximum Gasteiger partial charge on any atom is 0.410 e. The molecule has 11 heteroatoms. The molecule has 0 saturated heterocycles. The van der Waals surface area contributed by atoms with Gasteiger partial charge in [-0.05, 0) is 62.6 Å². The van der Waals surface area contributed by atoms with E-state index in [9.17, 15) is 14.7 Å². The molecule has 0 saturated carbocycles. The van der Waals surface area contributed by atoms with Gasteiger partial charge < -0.3 is 28.8 Å². The molecule has 0 bridgehead atoms. The van der Waals surface area contributed by atoms with E-state index in [-0.39, 0.29) is 12.3 Å². The number of ether oxygens (including phenoxy) is 3. The van der Waals surface area contributed by atoms with Gasteiger partial charge in [0.25, 0.3) is 0 Å². The fraction of sp³-hybridized carbons (Fsp3) is 0.341. The number of carboxylic acids is 1. The van der Waals surface area contributed by atoms with Crippen molar-refractivity contribution in [2.75, 3.05) is 20.2 Å². The van der Waals surface area contributed by atoms with Crippen molar-refractivity contribution >= 4 is 49.7 Å². The van der Waals surface area contributed by atoms with Gasteiger partial charge in [0.15, 0.2) is 0 Å². The molecule has 0 unspecified atom stereocenters. The summed E-state index contributed by atoms with van der Waals surface area (Å²) in [6.45, 7) is 7.36. The minimum absolute atomic E-state index is 0.235. The summed E-state index contributed by atoms with van der Waals surface area (Å²) in [6.07, 6.45) is 1.17. The van der Waals surface area contributed by atoms with Crippen molar-refractivity contribution in [2.24, 2.45) is 7.05 Å². The molecule has 2 heterocycles. The van der Waals surface area contributed by atoms with Gasteiger partial charge in [0, 0.05) is 54.4 Å². The smallest absolute Gasteiger partial charge is 0.410 e. The number of nitrogens with zero attached hydrogens (tertiary/aromatic N) is 4. The summed E-state index contributed by atoms with van der Waals surface area (Å²) in [4.78, 5) is 27.7. The Morgan fingerprint density at radius 3 is 2.35 bits per heavy atom. The third kappa shape index (κ3) is 9.23. The van der Waals surface area contributed by atoms with Crippen LogP contribution in [0.1, 0.15) is 66.6 Å². The molecule has 0 spiro atoms. The summed E-state index contributed by atoms with van der Waals surface area (Å²) in [5.41, 5.74) is 5.72. The highest BCUT2D eigenvalue weighted by Crippen LogP contribution is 2.39. The monoisotopic (exact) mass is 808 g/mol. The summed E-state index contributed by atoms with van der Waals surface area (Å²) in [5.74, 6) is -0.206. The highest BCUT2D eigenvalue weighted by atomic mass is 79.9. The van der Waals surface area contributed by atoms with E-state index in [0.29, 0.717) is 50.9 Å². The van der Waals surface area contributed by atoms with Gasteiger partial charge in [-0.15, -0.1) is 0 Å². The second-order valence-electron chi connectivity index (χ2n) is 14.7. The van der Waals surface area contributed by atoms with Crippen LogP contribution in [0.4, 0.5) is 4.79 Å². The van der Waals surface area contributed by atoms with Crippen molar-refractivity contribution in [2.45, 2.75) is 70.7 Å². The summed E-state index contributed by atoms with van der Waals surface area (Å²) < 4.78 is 21.8. The van der Waals surface area contributed by atoms with Crippen molar-refractivity contribution in [3.05, 3.63) is 119 Å². The highest BCUT2D eigenvalue weighted by Gasteiger charge is 2.28. The van der Waals surface area contributed by atoms with Gasteiger partial charge in [-0.1, -0.05) is 101 Å². The van der Waals surface area contributed by atoms with Crippen LogP contribution >= 0.6 is 15.9 Å². The second-order valence-corrected chi connectivity index (χ2v) is 15.2. The Bertz CT molecular complexity index is 2270. The predicted octanol–water partition coefficient (Wildman–Crippen LogP) is 9.77. The topological polar surface area (TPSA) is 108 Å². The first-order chi connectivity index (χ1) is 26.5. The van der Waals surface area contributed by atoms with E-state index in [2.05, 4.69) is 28.1 Å². The number of hydrogen-bond donors (Lipinski definition) is 1. The number of amides is 1. The first-order valence-corrected chi connectivity index (χ1v) is 19.7. The fourth-order valence-corrected chi connectivity index (χ4v) is 7.72. The Hall–Kier alpha value is -5.13. The van der Waals surface area contributed by atoms with E-state index in [4.69, 9.17) is 19.3 Å². The molecule has 6 aromatic rings. The zero-order chi connectivity index (χ0) is 39.1. The first-order valence-electron chi connectivity index (χ1n) is 18.6. The number of carboxylic acid groups (broad SMARTS) is 1. The quantitative estimate of drug-likeness (QED) is 0.0767. The van der Waals surface area contributed by atoms with E-state index >= 15 is 0 Å². The third-order valence-corrected chi connectivity index (χ3v) is 10.1. The summed E-state index contributed by atoms with van der Waals surface area (Å²) >= 11 is 3.70. The number of carbonyl (C=O) groups is 2. The van der Waals surface area contributed by atoms with Crippen molar-refractivity contribution in [1.29, 1.82) is 0 Å². The van der Waals surface area contributed by atoms with Crippen LogP contribution in [0.5, 0.6) is 5.75 Å². The molecule has 10 nitrogen and oxygen atoms in total. The van der Waals surface area contributed by atoms with Gasteiger partial charge in [-0.25, -0.2) is 9.59 Å². The summed E-state index contributed by atoms with van der Waals surface area (Å²) in [6, 6.07) is 30.1. The molecule has 55 heavy (non-hydrogen) atoms. The SMILES string of the molecule is CN(CCCn1c(C(=O)O)c(CCCOc2cccc3ccccc23)c2cccc(-c3c(COCc4ccccc4)nn(C)c3CBr)c21)C(=O)OC(C)(C)C. The number of rotatable bonds is 16. The highest BCUT2D eigenvalue weighted by molar-refractivity contribution is 9.08. The zero-order valence-corrected chi connectivity index (χ0v) is 33.8. The average Bonchev–Trinajstić information content (AvgIpc) is 3.66. The number of aryl methyl sites for hydroxylation is 3. The molecule has 0 aliphatic carbocycles. The largest absolute Gasteiger partial charge is 0.493 e. The van der Waals surface area contributed by atoms with Crippen LogP contribution in [0.15, 0.2) is 91.0 Å². The first kappa shape index (κ1) is 39.6. The number of carbonyl (C=O) groups excluding carboxylic acids is 1. The number of benzene rings is 4. The Morgan fingerprint density at radius 1 is 0.891 bits per heavy atom. The van der Waals surface area contributed by atoms with Crippen LogP contribution in [0.2, 0.25) is 0 Å². The van der Waals surface area contributed by atoms with E-state index < -0.39 is 17.7 Å². The van der Waals surface area contributed by atoms with Gasteiger partial charge in [-0.2, -0.15) is 5.10 Å². The van der Waals surface area contributed by atoms with Crippen LogP contribution in [0.3, 0.4) is 0 Å². The number of aromatic nitrogens is 3. The lowest BCUT2D eigenvalue weighted by atomic mass is 9.98. The van der Waals surface area contributed by atoms with Gasteiger partial charge in [0.2, 0.25) is 0 Å². The standard InChI is InChI=1S/C44H49BrN4O6/c1-44(2,3)55-43(52)47(4)24-14-25-49-40-33(34(41(49)42(50)51)22-13-26-54-38-23-11-18-31-17-9-10-19-32(31)38)20-12-21-35(40)39-36(46-48(5)37(39)27-45)29-53-28-30-15-7-6-8-16-30/h6-12,15-21,23H,13-14,22,24-29H2,1-5H3,(H,50,51). The third-order valence-electron chi connectivity index (χ3n) is 9.53. The molecule has 0 radical (unpaired) electrons. The lowest BCUT2D eigenvalue weighted by Crippen LogP contribution is -2.35. The van der Waals surface area contributed by atoms with Gasteiger partial charge >= 0.3 is 12.1 Å². The van der Waals surface area contributed by atoms with Crippen molar-refractivity contribution in [3.8, 4) is 16.9 Å². The summed E-state index contributed by atoms with van der Waals surface area (Å²) in [5, 5.41) is 19.3. The maximum atomic E-state index is 13.3. The van der Waals surface area contributed by atoms with Crippen LogP contribution in [0.25, 0.3) is 32.8 Å². The van der Waals surface area contributed by atoms with E-state index in [1.807, 2.05) is 116 Å². The molecule has 288 valence electrons. The van der Waals surface area contributed by atoms with Crippen LogP contribution in [0, 0.1) is 0 Å². The predicted molar refractivity (Wildman–Crippen MR) is 220 cm³/mol. The molecule has 0 atom stereocenters. The van der Waals surface area contributed by atoms with Crippen LogP contribution in [-0.4, -0.2) is 62.2 Å². The minimum Gasteiger partial charge on any atom is -0.493 e. The Morgan fingerprint density at radius 2 is 1.60 bits per heavy atom. The Kier molecular flexibility index (Phi) is 12.6. The molecular weight excluding hydrogens is 760 g/mol. The van der Waals surface area contributed by atoms with Crippen LogP contribution in [-0.2, 0) is 48.0 Å². The number of hydrogen-bond acceptors (Lipinski definition) is 6. The molecule has 0 fully saturated rings. The van der Waals surface area contributed by atoms with Crippen molar-refractivity contribution in [1.82, 2.24) is 19.2 Å². The average molecular weight is 810 g/mol. The molecular formula is C44H49BrN4O6. The Balaban J connectivity index is 1.37. The lowest BCUT2D eigenvalue weighted by molar-refractivity contribution is 0.0294. The molecule has 6 rings (SSSR count). The summed E-state index contributed by atoms with van der Waals surface area (Å²) in [7, 11) is 3.61. The minimum atomic E-state index is -1.01. The number of aromatic carboxylic acids is 1. The van der Waals surface area contributed by atoms with E-state index in [1.165, 1.54) is 4.90 Å². The number of halogens is 1. The molecule has 4 aromatic carbocycles. The number of para-hydroxylation sites is 1. The van der Waals surface area contributed by atoms with Crippen molar-refractivity contribution in [3.63, 3.8) is 0 Å². The zero-order valence-electron chi connectivity index (χ0n) is 32.2. The van der Waals surface area contributed by atoms with Crippen LogP contribution < -0.4 is 4.74 Å². The molecule has 1 amide bonds. The normalized spacial score (nSPS) is 11.7. The molecule has 2 aromatic heterocycles. The van der Waals surface area contributed by atoms with E-state index in [1.54, 1.807) is 7.05 Å². The second kappa shape index (κ2) is 17.6. The van der Waals surface area contributed by atoms with Gasteiger partial charge in [0.05, 0.1) is 36.7 Å².